The molecule has 0 unspecified atom stereocenters. The number of hydrogen-bond acceptors (Lipinski definition) is 5. The van der Waals surface area contributed by atoms with E-state index in [1.807, 2.05) is 28.2 Å². The van der Waals surface area contributed by atoms with Crippen LogP contribution in [0, 0.1) is 0 Å². The highest BCUT2D eigenvalue weighted by Gasteiger charge is 2.21. The topological polar surface area (TPSA) is 135 Å². The first kappa shape index (κ1) is 25.7. The molecule has 0 atom stereocenters. The molecule has 0 bridgehead atoms. The molecular weight excluding hydrogens is 382 g/mol. The van der Waals surface area contributed by atoms with Gasteiger partial charge in [-0.1, -0.05) is 0 Å². The van der Waals surface area contributed by atoms with Crippen molar-refractivity contribution in [3.8, 4) is 0 Å². The maximum atomic E-state index is 10.8. The van der Waals surface area contributed by atoms with Crippen LogP contribution in [0.25, 0.3) is 0 Å². The monoisotopic (exact) mass is 419 g/mol. The Balaban J connectivity index is 4.14. The fourth-order valence-electron chi connectivity index (χ4n) is 2.75. The number of quaternary nitrogens is 2. The van der Waals surface area contributed by atoms with E-state index < -0.39 is 20.2 Å². The zero-order valence-electron chi connectivity index (χ0n) is 16.5. The van der Waals surface area contributed by atoms with Crippen LogP contribution in [-0.2, 0) is 20.2 Å². The molecule has 0 aromatic carbocycles. The van der Waals surface area contributed by atoms with E-state index in [0.717, 1.165) is 25.9 Å². The molecule has 0 amide bonds. The predicted octanol–water partition coefficient (Wildman–Crippen LogP) is -0.197. The van der Waals surface area contributed by atoms with Crippen LogP contribution in [0.5, 0.6) is 0 Å². The molecule has 0 aliphatic heterocycles. The molecule has 0 rings (SSSR count). The standard InChI is InChI=1S/C15H35N3O6S2/c1-17(2,9-5-13-25(19,20)21)11-7-15(16)8-12-18(3,4)10-6-14-26(22,23)24/h15H,5-14,16H2,1-4H3/p+2. The Hall–Kier alpha value is -0.300. The average molecular weight is 420 g/mol. The smallest absolute Gasteiger partial charge is 0.265 e. The van der Waals surface area contributed by atoms with Gasteiger partial charge in [0, 0.05) is 31.7 Å². The lowest BCUT2D eigenvalue weighted by Crippen LogP contribution is -2.46. The highest BCUT2D eigenvalue weighted by Crippen LogP contribution is 2.09. The average Bonchev–Trinajstić information content (AvgIpc) is 2.39. The molecule has 9 nitrogen and oxygen atoms in total. The lowest BCUT2D eigenvalue weighted by molar-refractivity contribution is -0.892. The SMILES string of the molecule is C[N+](C)(CCCS(=O)(=O)O)CCC(N)CC[N+](C)(C)CCCS(=O)(=O)O. The second kappa shape index (κ2) is 10.3. The van der Waals surface area contributed by atoms with Gasteiger partial charge in [-0.25, -0.2) is 0 Å². The molecule has 0 heterocycles. The molecule has 0 spiro atoms. The first-order chi connectivity index (χ1) is 11.5. The van der Waals surface area contributed by atoms with Crippen LogP contribution in [0.1, 0.15) is 25.7 Å². The third-order valence-electron chi connectivity index (χ3n) is 4.54. The lowest BCUT2D eigenvalue weighted by atomic mass is 10.1. The molecule has 0 aromatic rings. The van der Waals surface area contributed by atoms with E-state index in [2.05, 4.69) is 0 Å². The fraction of sp³-hybridized carbons (Fsp3) is 1.00. The number of hydrogen-bond donors (Lipinski definition) is 3. The maximum absolute atomic E-state index is 10.8. The number of rotatable bonds is 14. The van der Waals surface area contributed by atoms with Gasteiger partial charge in [-0.05, 0) is 0 Å². The van der Waals surface area contributed by atoms with Gasteiger partial charge in [0.15, 0.2) is 0 Å². The molecule has 4 N–H and O–H groups in total. The molecular formula is C15H37N3O6S2+2. The Morgan fingerprint density at radius 3 is 1.31 bits per heavy atom. The summed E-state index contributed by atoms with van der Waals surface area (Å²) in [4.78, 5) is 0. The summed E-state index contributed by atoms with van der Waals surface area (Å²) in [5.74, 6) is -0.452. The number of nitrogens with zero attached hydrogens (tertiary/aromatic N) is 2. The van der Waals surface area contributed by atoms with Gasteiger partial charge < -0.3 is 14.7 Å². The summed E-state index contributed by atoms with van der Waals surface area (Å²) in [6.07, 6.45) is 2.39. The Morgan fingerprint density at radius 1 is 0.731 bits per heavy atom. The Labute approximate surface area is 158 Å². The van der Waals surface area contributed by atoms with Crippen molar-refractivity contribution < 1.29 is 34.9 Å². The zero-order chi connectivity index (χ0) is 20.6. The van der Waals surface area contributed by atoms with Crippen molar-refractivity contribution in [2.75, 3.05) is 65.9 Å². The van der Waals surface area contributed by atoms with Crippen LogP contribution in [0.3, 0.4) is 0 Å². The van der Waals surface area contributed by atoms with Gasteiger partial charge in [0.1, 0.15) is 0 Å². The minimum absolute atomic E-state index is 0.00736. The lowest BCUT2D eigenvalue weighted by Gasteiger charge is -2.33. The van der Waals surface area contributed by atoms with Crippen LogP contribution >= 0.6 is 0 Å². The summed E-state index contributed by atoms with van der Waals surface area (Å²) < 4.78 is 61.9. The third-order valence-corrected chi connectivity index (χ3v) is 6.15. The van der Waals surface area contributed by atoms with Crippen molar-refractivity contribution in [3.63, 3.8) is 0 Å². The molecule has 0 saturated carbocycles. The molecule has 11 heteroatoms. The highest BCUT2D eigenvalue weighted by atomic mass is 32.2. The molecule has 158 valence electrons. The fourth-order valence-corrected chi connectivity index (χ4v) is 3.74. The highest BCUT2D eigenvalue weighted by molar-refractivity contribution is 7.86. The molecule has 0 aromatic heterocycles. The minimum Gasteiger partial charge on any atom is -0.328 e. The van der Waals surface area contributed by atoms with Crippen molar-refractivity contribution in [3.05, 3.63) is 0 Å². The Kier molecular flexibility index (Phi) is 10.2. The quantitative estimate of drug-likeness (QED) is 0.262. The molecule has 0 fully saturated rings. The second-order valence-electron chi connectivity index (χ2n) is 8.38. The normalized spacial score (nSPS) is 14.2. The third kappa shape index (κ3) is 15.9. The van der Waals surface area contributed by atoms with Gasteiger partial charge in [-0.15, -0.1) is 0 Å². The van der Waals surface area contributed by atoms with Crippen molar-refractivity contribution in [2.24, 2.45) is 5.73 Å². The van der Waals surface area contributed by atoms with E-state index in [0.29, 0.717) is 34.9 Å². The summed E-state index contributed by atoms with van der Waals surface area (Å²) in [5, 5.41) is 0. The molecule has 0 radical (unpaired) electrons. The zero-order valence-corrected chi connectivity index (χ0v) is 18.1. The van der Waals surface area contributed by atoms with Crippen LogP contribution < -0.4 is 5.73 Å². The van der Waals surface area contributed by atoms with Gasteiger partial charge in [-0.3, -0.25) is 9.11 Å². The van der Waals surface area contributed by atoms with Gasteiger partial charge in [0.05, 0.1) is 65.9 Å². The molecule has 0 aliphatic rings. The van der Waals surface area contributed by atoms with Crippen LogP contribution in [0.2, 0.25) is 0 Å². The van der Waals surface area contributed by atoms with Crippen molar-refractivity contribution in [2.45, 2.75) is 31.7 Å². The molecule has 0 saturated heterocycles. The van der Waals surface area contributed by atoms with Crippen molar-refractivity contribution in [1.82, 2.24) is 0 Å². The van der Waals surface area contributed by atoms with Crippen molar-refractivity contribution >= 4 is 20.2 Å². The van der Waals surface area contributed by atoms with Gasteiger partial charge in [0.2, 0.25) is 0 Å². The number of nitrogens with two attached hydrogens (primary N) is 1. The van der Waals surface area contributed by atoms with E-state index in [1.165, 1.54) is 0 Å². The van der Waals surface area contributed by atoms with E-state index in [9.17, 15) is 16.8 Å². The first-order valence-corrected chi connectivity index (χ1v) is 12.0. The summed E-state index contributed by atoms with van der Waals surface area (Å²) in [6.45, 7) is 2.90. The Morgan fingerprint density at radius 2 is 1.04 bits per heavy atom. The van der Waals surface area contributed by atoms with E-state index >= 15 is 0 Å². The van der Waals surface area contributed by atoms with Crippen LogP contribution in [0.4, 0.5) is 0 Å². The van der Waals surface area contributed by atoms with Crippen LogP contribution in [-0.4, -0.2) is 107 Å². The van der Waals surface area contributed by atoms with E-state index in [1.54, 1.807) is 0 Å². The van der Waals surface area contributed by atoms with Gasteiger partial charge >= 0.3 is 0 Å². The summed E-state index contributed by atoms with van der Waals surface area (Å²) in [7, 11) is 0.204. The van der Waals surface area contributed by atoms with E-state index in [-0.39, 0.29) is 17.5 Å². The molecule has 0 aliphatic carbocycles. The predicted molar refractivity (Wildman–Crippen MR) is 103 cm³/mol. The summed E-state index contributed by atoms with van der Waals surface area (Å²) >= 11 is 0. The van der Waals surface area contributed by atoms with Gasteiger partial charge in [0.25, 0.3) is 20.2 Å². The molecule has 26 heavy (non-hydrogen) atoms. The van der Waals surface area contributed by atoms with Crippen LogP contribution in [0.15, 0.2) is 0 Å². The summed E-state index contributed by atoms with van der Waals surface area (Å²) in [6, 6.07) is 0.00736. The van der Waals surface area contributed by atoms with Gasteiger partial charge in [-0.2, -0.15) is 16.8 Å². The second-order valence-corrected chi connectivity index (χ2v) is 11.5. The first-order valence-electron chi connectivity index (χ1n) is 8.81. The Bertz CT molecular complexity index is 563. The summed E-state index contributed by atoms with van der Waals surface area (Å²) in [5.41, 5.74) is 6.19. The largest absolute Gasteiger partial charge is 0.328 e. The minimum atomic E-state index is -3.91. The van der Waals surface area contributed by atoms with E-state index in [4.69, 9.17) is 14.8 Å². The van der Waals surface area contributed by atoms with Crippen molar-refractivity contribution in [1.29, 1.82) is 0 Å². The maximum Gasteiger partial charge on any atom is 0.265 e.